The Labute approximate surface area is 140 Å². The van der Waals surface area contributed by atoms with Gasteiger partial charge in [0.15, 0.2) is 0 Å². The van der Waals surface area contributed by atoms with Crippen LogP contribution in [0.25, 0.3) is 16.6 Å². The van der Waals surface area contributed by atoms with E-state index in [2.05, 4.69) is 40.0 Å². The minimum absolute atomic E-state index is 0.605. The van der Waals surface area contributed by atoms with Crippen molar-refractivity contribution in [2.45, 2.75) is 18.8 Å². The summed E-state index contributed by atoms with van der Waals surface area (Å²) in [6.07, 6.45) is 5.16. The van der Waals surface area contributed by atoms with Crippen molar-refractivity contribution in [3.8, 4) is 5.69 Å². The van der Waals surface area contributed by atoms with Crippen LogP contribution in [-0.2, 0) is 4.79 Å². The maximum absolute atomic E-state index is 10.7. The molecule has 2 heterocycles. The van der Waals surface area contributed by atoms with Gasteiger partial charge in [0.25, 0.3) is 0 Å². The second-order valence-corrected chi connectivity index (χ2v) is 6.21. The predicted octanol–water partition coefficient (Wildman–Crippen LogP) is 3.06. The van der Waals surface area contributed by atoms with Crippen LogP contribution in [0.2, 0.25) is 0 Å². The minimum atomic E-state index is 0.605. The second kappa shape index (κ2) is 6.45. The standard InChI is InChI=1S/C19H20N4O/c24-13-21-18-5-1-3-16-12-23(22-19(16)18)17-8-6-14(7-9-17)15-4-2-10-20-11-15/h1,3,5-9,12-13,15,20H,2,4,10-11H2,(H,21,24). The van der Waals surface area contributed by atoms with Crippen LogP contribution in [0.5, 0.6) is 0 Å². The Bertz CT molecular complexity index is 847. The van der Waals surface area contributed by atoms with Crippen LogP contribution in [0.4, 0.5) is 5.69 Å². The molecule has 0 saturated carbocycles. The fraction of sp³-hybridized carbons (Fsp3) is 0.263. The SMILES string of the molecule is O=CNc1cccc2cn(-c3ccc(C4CCCNC4)cc3)nc12. The van der Waals surface area contributed by atoms with Gasteiger partial charge < -0.3 is 10.6 Å². The number of carbonyl (C=O) groups excluding carboxylic acids is 1. The first-order chi connectivity index (χ1) is 11.8. The highest BCUT2D eigenvalue weighted by Crippen LogP contribution is 2.26. The summed E-state index contributed by atoms with van der Waals surface area (Å²) in [5, 5.41) is 11.8. The number of hydrogen-bond donors (Lipinski definition) is 2. The molecular weight excluding hydrogens is 300 g/mol. The molecule has 1 aliphatic heterocycles. The molecule has 122 valence electrons. The van der Waals surface area contributed by atoms with Gasteiger partial charge >= 0.3 is 0 Å². The molecule has 1 atom stereocenters. The van der Waals surface area contributed by atoms with E-state index in [-0.39, 0.29) is 0 Å². The number of benzene rings is 2. The van der Waals surface area contributed by atoms with Gasteiger partial charge in [0.1, 0.15) is 5.52 Å². The highest BCUT2D eigenvalue weighted by Gasteiger charge is 2.15. The Morgan fingerprint density at radius 1 is 1.21 bits per heavy atom. The van der Waals surface area contributed by atoms with E-state index in [4.69, 9.17) is 0 Å². The number of fused-ring (bicyclic) bond motifs is 1. The summed E-state index contributed by atoms with van der Waals surface area (Å²) in [5.74, 6) is 0.605. The lowest BCUT2D eigenvalue weighted by atomic mass is 9.92. The van der Waals surface area contributed by atoms with E-state index in [0.29, 0.717) is 12.3 Å². The lowest BCUT2D eigenvalue weighted by Crippen LogP contribution is -2.28. The third-order valence-corrected chi connectivity index (χ3v) is 4.68. The molecule has 0 radical (unpaired) electrons. The monoisotopic (exact) mass is 320 g/mol. The van der Waals surface area contributed by atoms with Gasteiger partial charge in [-0.05, 0) is 49.1 Å². The molecule has 0 bridgehead atoms. The molecule has 1 aliphatic rings. The lowest BCUT2D eigenvalue weighted by molar-refractivity contribution is -0.105. The van der Waals surface area contributed by atoms with Crippen molar-refractivity contribution >= 4 is 23.0 Å². The van der Waals surface area contributed by atoms with E-state index in [1.165, 1.54) is 18.4 Å². The number of nitrogens with one attached hydrogen (secondary N) is 2. The molecule has 0 spiro atoms. The predicted molar refractivity (Wildman–Crippen MR) is 95.6 cm³/mol. The van der Waals surface area contributed by atoms with E-state index in [1.54, 1.807) is 0 Å². The fourth-order valence-electron chi connectivity index (χ4n) is 3.39. The summed E-state index contributed by atoms with van der Waals surface area (Å²) < 4.78 is 1.86. The Kier molecular flexibility index (Phi) is 4.01. The largest absolute Gasteiger partial charge is 0.327 e. The van der Waals surface area contributed by atoms with Crippen LogP contribution >= 0.6 is 0 Å². The van der Waals surface area contributed by atoms with Crippen molar-refractivity contribution < 1.29 is 4.79 Å². The van der Waals surface area contributed by atoms with Crippen LogP contribution in [0.1, 0.15) is 24.3 Å². The Morgan fingerprint density at radius 2 is 2.08 bits per heavy atom. The number of amides is 1. The van der Waals surface area contributed by atoms with Crippen molar-refractivity contribution in [1.29, 1.82) is 0 Å². The highest BCUT2D eigenvalue weighted by atomic mass is 16.1. The molecule has 3 aromatic rings. The first-order valence-corrected chi connectivity index (χ1v) is 8.35. The topological polar surface area (TPSA) is 59.0 Å². The average molecular weight is 320 g/mol. The Hall–Kier alpha value is -2.66. The van der Waals surface area contributed by atoms with Crippen LogP contribution in [0.15, 0.2) is 48.7 Å². The zero-order chi connectivity index (χ0) is 16.4. The van der Waals surface area contributed by atoms with E-state index in [0.717, 1.165) is 35.4 Å². The molecule has 1 amide bonds. The summed E-state index contributed by atoms with van der Waals surface area (Å²) >= 11 is 0. The van der Waals surface area contributed by atoms with E-state index >= 15 is 0 Å². The van der Waals surface area contributed by atoms with Gasteiger partial charge in [-0.25, -0.2) is 4.68 Å². The number of hydrogen-bond acceptors (Lipinski definition) is 3. The smallest absolute Gasteiger partial charge is 0.211 e. The Morgan fingerprint density at radius 3 is 2.83 bits per heavy atom. The van der Waals surface area contributed by atoms with Gasteiger partial charge in [0, 0.05) is 18.1 Å². The van der Waals surface area contributed by atoms with E-state index in [9.17, 15) is 4.79 Å². The highest BCUT2D eigenvalue weighted by molar-refractivity contribution is 5.94. The van der Waals surface area contributed by atoms with Crippen LogP contribution in [0.3, 0.4) is 0 Å². The molecule has 5 heteroatoms. The maximum atomic E-state index is 10.7. The molecule has 1 aromatic heterocycles. The molecule has 2 N–H and O–H groups in total. The molecule has 1 fully saturated rings. The molecule has 1 unspecified atom stereocenters. The van der Waals surface area contributed by atoms with Crippen LogP contribution in [-0.4, -0.2) is 29.3 Å². The zero-order valence-corrected chi connectivity index (χ0v) is 13.4. The summed E-state index contributed by atoms with van der Waals surface area (Å²) in [6, 6.07) is 14.4. The van der Waals surface area contributed by atoms with Gasteiger partial charge in [0.2, 0.25) is 6.41 Å². The maximum Gasteiger partial charge on any atom is 0.211 e. The number of carbonyl (C=O) groups is 1. The van der Waals surface area contributed by atoms with Crippen molar-refractivity contribution in [2.24, 2.45) is 0 Å². The first kappa shape index (κ1) is 14.9. The molecule has 24 heavy (non-hydrogen) atoms. The van der Waals surface area contributed by atoms with Crippen LogP contribution < -0.4 is 10.6 Å². The van der Waals surface area contributed by atoms with Gasteiger partial charge in [-0.15, -0.1) is 0 Å². The summed E-state index contributed by atoms with van der Waals surface area (Å²) in [7, 11) is 0. The van der Waals surface area contributed by atoms with E-state index < -0.39 is 0 Å². The minimum Gasteiger partial charge on any atom is -0.327 e. The number of aromatic nitrogens is 2. The molecule has 5 nitrogen and oxygen atoms in total. The van der Waals surface area contributed by atoms with Crippen molar-refractivity contribution in [1.82, 2.24) is 15.1 Å². The molecular formula is C19H20N4O. The third kappa shape index (κ3) is 2.78. The number of rotatable bonds is 4. The summed E-state index contributed by atoms with van der Waals surface area (Å²) in [6.45, 7) is 2.19. The first-order valence-electron chi connectivity index (χ1n) is 8.35. The number of anilines is 1. The van der Waals surface area contributed by atoms with Crippen molar-refractivity contribution in [3.63, 3.8) is 0 Å². The van der Waals surface area contributed by atoms with Crippen LogP contribution in [0, 0.1) is 0 Å². The fourth-order valence-corrected chi connectivity index (χ4v) is 3.39. The lowest BCUT2D eigenvalue weighted by Gasteiger charge is -2.23. The molecule has 0 aliphatic carbocycles. The van der Waals surface area contributed by atoms with E-state index in [1.807, 2.05) is 29.1 Å². The zero-order valence-electron chi connectivity index (χ0n) is 13.4. The van der Waals surface area contributed by atoms with Gasteiger partial charge in [-0.1, -0.05) is 24.3 Å². The quantitative estimate of drug-likeness (QED) is 0.726. The molecule has 1 saturated heterocycles. The third-order valence-electron chi connectivity index (χ3n) is 4.68. The van der Waals surface area contributed by atoms with Gasteiger partial charge in [-0.3, -0.25) is 4.79 Å². The molecule has 4 rings (SSSR count). The second-order valence-electron chi connectivity index (χ2n) is 6.21. The average Bonchev–Trinajstić information content (AvgIpc) is 3.08. The normalized spacial score (nSPS) is 17.8. The van der Waals surface area contributed by atoms with Gasteiger partial charge in [-0.2, -0.15) is 5.10 Å². The van der Waals surface area contributed by atoms with Crippen molar-refractivity contribution in [3.05, 3.63) is 54.2 Å². The van der Waals surface area contributed by atoms with Crippen molar-refractivity contribution in [2.75, 3.05) is 18.4 Å². The molecule has 2 aromatic carbocycles. The van der Waals surface area contributed by atoms with Gasteiger partial charge in [0.05, 0.1) is 11.4 Å². The number of piperidine rings is 1. The summed E-state index contributed by atoms with van der Waals surface area (Å²) in [5.41, 5.74) is 3.93. The number of nitrogens with zero attached hydrogens (tertiary/aromatic N) is 2. The summed E-state index contributed by atoms with van der Waals surface area (Å²) in [4.78, 5) is 10.7. The Balaban J connectivity index is 1.64.